The van der Waals surface area contributed by atoms with Crippen LogP contribution in [0.3, 0.4) is 0 Å². The third-order valence-electron chi connectivity index (χ3n) is 7.11. The zero-order chi connectivity index (χ0) is 19.2. The summed E-state index contributed by atoms with van der Waals surface area (Å²) in [7, 11) is 0. The van der Waals surface area contributed by atoms with Gasteiger partial charge in [-0.2, -0.15) is 0 Å². The summed E-state index contributed by atoms with van der Waals surface area (Å²) in [6, 6.07) is 5.79. The van der Waals surface area contributed by atoms with Crippen molar-refractivity contribution >= 4 is 5.91 Å². The fraction of sp³-hybridized carbons (Fsp3) is 0.619. The summed E-state index contributed by atoms with van der Waals surface area (Å²) in [5.74, 6) is 1.05. The second kappa shape index (κ2) is 6.43. The molecule has 0 N–H and O–H groups in total. The minimum absolute atomic E-state index is 0.115. The van der Waals surface area contributed by atoms with E-state index in [0.29, 0.717) is 11.8 Å². The Balaban J connectivity index is 1.32. The largest absolute Gasteiger partial charge is 0.342 e. The Hall–Kier alpha value is -2.24. The first-order chi connectivity index (χ1) is 12.8. The first-order valence-electron chi connectivity index (χ1n) is 9.91. The SMILES string of the molecule is CC1(C)C(C(=O)N2CCC(Cn3cc(-c4ccccn4)nn3)CC2)C1(C)C. The number of aromatic nitrogens is 4. The third-order valence-corrected chi connectivity index (χ3v) is 7.11. The smallest absolute Gasteiger partial charge is 0.226 e. The second-order valence-electron chi connectivity index (χ2n) is 9.19. The Morgan fingerprint density at radius 1 is 1.11 bits per heavy atom. The van der Waals surface area contributed by atoms with E-state index in [0.717, 1.165) is 43.9 Å². The molecular weight excluding hydrogens is 338 g/mol. The lowest BCUT2D eigenvalue weighted by Crippen LogP contribution is -2.41. The van der Waals surface area contributed by atoms with Gasteiger partial charge in [0.25, 0.3) is 0 Å². The molecule has 0 radical (unpaired) electrons. The fourth-order valence-corrected chi connectivity index (χ4v) is 4.62. The van der Waals surface area contributed by atoms with Crippen molar-refractivity contribution < 1.29 is 4.79 Å². The molecule has 2 fully saturated rings. The van der Waals surface area contributed by atoms with Crippen LogP contribution < -0.4 is 0 Å². The van der Waals surface area contributed by atoms with Gasteiger partial charge in [-0.05, 0) is 41.7 Å². The number of rotatable bonds is 4. The minimum Gasteiger partial charge on any atom is -0.342 e. The van der Waals surface area contributed by atoms with E-state index in [-0.39, 0.29) is 16.7 Å². The van der Waals surface area contributed by atoms with Gasteiger partial charge in [0.15, 0.2) is 0 Å². The van der Waals surface area contributed by atoms with Crippen molar-refractivity contribution in [3.63, 3.8) is 0 Å². The van der Waals surface area contributed by atoms with Crippen LogP contribution >= 0.6 is 0 Å². The van der Waals surface area contributed by atoms with Gasteiger partial charge in [-0.3, -0.25) is 14.5 Å². The number of pyridine rings is 1. The molecule has 2 aromatic heterocycles. The van der Waals surface area contributed by atoms with Gasteiger partial charge in [0.2, 0.25) is 5.91 Å². The van der Waals surface area contributed by atoms with E-state index in [9.17, 15) is 4.79 Å². The Bertz CT molecular complexity index is 804. The Kier molecular flexibility index (Phi) is 4.32. The van der Waals surface area contributed by atoms with E-state index >= 15 is 0 Å². The predicted molar refractivity (Wildman–Crippen MR) is 104 cm³/mol. The van der Waals surface area contributed by atoms with Gasteiger partial charge < -0.3 is 4.90 Å². The van der Waals surface area contributed by atoms with Crippen LogP contribution in [0.15, 0.2) is 30.6 Å². The number of hydrogen-bond acceptors (Lipinski definition) is 4. The van der Waals surface area contributed by atoms with E-state index in [4.69, 9.17) is 0 Å². The quantitative estimate of drug-likeness (QED) is 0.832. The topological polar surface area (TPSA) is 63.9 Å². The summed E-state index contributed by atoms with van der Waals surface area (Å²) in [5.41, 5.74) is 1.88. The van der Waals surface area contributed by atoms with Crippen molar-refractivity contribution in [1.82, 2.24) is 24.9 Å². The van der Waals surface area contributed by atoms with Crippen LogP contribution in [0.1, 0.15) is 40.5 Å². The molecule has 6 heteroatoms. The molecule has 1 aliphatic carbocycles. The van der Waals surface area contributed by atoms with Crippen LogP contribution in [0.4, 0.5) is 0 Å². The van der Waals surface area contributed by atoms with Gasteiger partial charge in [-0.15, -0.1) is 5.10 Å². The first-order valence-corrected chi connectivity index (χ1v) is 9.91. The summed E-state index contributed by atoms with van der Waals surface area (Å²) in [6.45, 7) is 11.4. The van der Waals surface area contributed by atoms with Crippen molar-refractivity contribution in [3.8, 4) is 11.4 Å². The number of carbonyl (C=O) groups excluding carboxylic acids is 1. The minimum atomic E-state index is 0.115. The number of likely N-dealkylation sites (tertiary alicyclic amines) is 1. The maximum atomic E-state index is 12.9. The average molecular weight is 367 g/mol. The number of amides is 1. The highest BCUT2D eigenvalue weighted by molar-refractivity contribution is 5.84. The molecule has 1 aliphatic heterocycles. The normalized spacial score (nSPS) is 22.0. The van der Waals surface area contributed by atoms with Gasteiger partial charge in [-0.25, -0.2) is 0 Å². The Morgan fingerprint density at radius 2 is 1.81 bits per heavy atom. The molecule has 2 aromatic rings. The van der Waals surface area contributed by atoms with E-state index in [1.807, 2.05) is 29.1 Å². The molecule has 0 aromatic carbocycles. The van der Waals surface area contributed by atoms with Crippen LogP contribution in [0.25, 0.3) is 11.4 Å². The highest BCUT2D eigenvalue weighted by Gasteiger charge is 2.68. The molecule has 0 unspecified atom stereocenters. The molecule has 2 aliphatic rings. The summed E-state index contributed by atoms with van der Waals surface area (Å²) >= 11 is 0. The van der Waals surface area contributed by atoms with Crippen molar-refractivity contribution in [2.24, 2.45) is 22.7 Å². The molecule has 1 amide bonds. The van der Waals surface area contributed by atoms with Crippen LogP contribution in [-0.4, -0.2) is 43.9 Å². The molecule has 4 rings (SSSR count). The van der Waals surface area contributed by atoms with E-state index in [1.54, 1.807) is 6.20 Å². The molecule has 6 nitrogen and oxygen atoms in total. The standard InChI is InChI=1S/C21H29N5O/c1-20(2)18(21(20,3)4)19(27)25-11-8-15(9-12-25)13-26-14-17(23-24-26)16-7-5-6-10-22-16/h5-7,10,14-15,18H,8-9,11-13H2,1-4H3. The summed E-state index contributed by atoms with van der Waals surface area (Å²) in [6.07, 6.45) is 5.79. The predicted octanol–water partition coefficient (Wildman–Crippen LogP) is 3.26. The second-order valence-corrected chi connectivity index (χ2v) is 9.19. The molecular formula is C21H29N5O. The number of piperidine rings is 1. The van der Waals surface area contributed by atoms with Crippen molar-refractivity contribution in [1.29, 1.82) is 0 Å². The monoisotopic (exact) mass is 367 g/mol. The third kappa shape index (κ3) is 3.15. The number of hydrogen-bond donors (Lipinski definition) is 0. The summed E-state index contributed by atoms with van der Waals surface area (Å²) < 4.78 is 1.92. The van der Waals surface area contributed by atoms with Crippen LogP contribution in [0, 0.1) is 22.7 Å². The lowest BCUT2D eigenvalue weighted by atomic mass is 9.96. The zero-order valence-corrected chi connectivity index (χ0v) is 16.7. The molecule has 3 heterocycles. The van der Waals surface area contributed by atoms with E-state index in [1.165, 1.54) is 0 Å². The Labute approximate surface area is 161 Å². The molecule has 27 heavy (non-hydrogen) atoms. The Morgan fingerprint density at radius 3 is 2.41 bits per heavy atom. The summed E-state index contributed by atoms with van der Waals surface area (Å²) in [4.78, 5) is 19.3. The van der Waals surface area contributed by atoms with E-state index in [2.05, 4.69) is 47.9 Å². The summed E-state index contributed by atoms with van der Waals surface area (Å²) in [5, 5.41) is 8.51. The molecule has 0 atom stereocenters. The van der Waals surface area contributed by atoms with Crippen LogP contribution in [-0.2, 0) is 11.3 Å². The maximum Gasteiger partial charge on any atom is 0.226 e. The fourth-order valence-electron chi connectivity index (χ4n) is 4.62. The van der Waals surface area contributed by atoms with Crippen LogP contribution in [0.5, 0.6) is 0 Å². The number of nitrogens with zero attached hydrogens (tertiary/aromatic N) is 5. The number of carbonyl (C=O) groups is 1. The highest BCUT2D eigenvalue weighted by atomic mass is 16.2. The zero-order valence-electron chi connectivity index (χ0n) is 16.7. The van der Waals surface area contributed by atoms with Crippen LogP contribution in [0.2, 0.25) is 0 Å². The van der Waals surface area contributed by atoms with E-state index < -0.39 is 0 Å². The average Bonchev–Trinajstić information content (AvgIpc) is 2.95. The molecule has 0 spiro atoms. The molecule has 0 bridgehead atoms. The lowest BCUT2D eigenvalue weighted by Gasteiger charge is -2.32. The van der Waals surface area contributed by atoms with Gasteiger partial charge in [0.1, 0.15) is 5.69 Å². The first kappa shape index (κ1) is 18.1. The van der Waals surface area contributed by atoms with Gasteiger partial charge >= 0.3 is 0 Å². The lowest BCUT2D eigenvalue weighted by molar-refractivity contribution is -0.135. The van der Waals surface area contributed by atoms with Gasteiger partial charge in [0.05, 0.1) is 11.9 Å². The van der Waals surface area contributed by atoms with Crippen molar-refractivity contribution in [2.45, 2.75) is 47.1 Å². The van der Waals surface area contributed by atoms with Crippen molar-refractivity contribution in [2.75, 3.05) is 13.1 Å². The van der Waals surface area contributed by atoms with Crippen molar-refractivity contribution in [3.05, 3.63) is 30.6 Å². The molecule has 1 saturated heterocycles. The molecule has 144 valence electrons. The maximum absolute atomic E-state index is 12.9. The molecule has 1 saturated carbocycles. The van der Waals surface area contributed by atoms with Gasteiger partial charge in [0, 0.05) is 31.7 Å². The highest BCUT2D eigenvalue weighted by Crippen LogP contribution is 2.68. The van der Waals surface area contributed by atoms with Gasteiger partial charge in [-0.1, -0.05) is 39.0 Å².